The Balaban J connectivity index is 2.35. The SMILES string of the molecule is C=CCn1nccc1C1(C#N)CCC1. The zero-order valence-corrected chi connectivity index (χ0v) is 8.11. The summed E-state index contributed by atoms with van der Waals surface area (Å²) in [5.74, 6) is 0. The summed E-state index contributed by atoms with van der Waals surface area (Å²) >= 11 is 0. The van der Waals surface area contributed by atoms with E-state index in [1.165, 1.54) is 0 Å². The lowest BCUT2D eigenvalue weighted by Crippen LogP contribution is -2.34. The zero-order chi connectivity index (χ0) is 10.0. The van der Waals surface area contributed by atoms with E-state index >= 15 is 0 Å². The van der Waals surface area contributed by atoms with Crippen molar-refractivity contribution in [1.82, 2.24) is 9.78 Å². The van der Waals surface area contributed by atoms with Crippen LogP contribution in [0.25, 0.3) is 0 Å². The van der Waals surface area contributed by atoms with Crippen LogP contribution in [-0.2, 0) is 12.0 Å². The summed E-state index contributed by atoms with van der Waals surface area (Å²) in [6.45, 7) is 4.37. The molecule has 0 atom stereocenters. The first-order valence-electron chi connectivity index (χ1n) is 4.87. The fraction of sp³-hybridized carbons (Fsp3) is 0.455. The number of hydrogen-bond donors (Lipinski definition) is 0. The monoisotopic (exact) mass is 187 g/mol. The minimum atomic E-state index is -0.264. The molecule has 72 valence electrons. The van der Waals surface area contributed by atoms with Crippen molar-refractivity contribution in [3.8, 4) is 6.07 Å². The molecular weight excluding hydrogens is 174 g/mol. The van der Waals surface area contributed by atoms with Gasteiger partial charge in [0.25, 0.3) is 0 Å². The molecule has 2 rings (SSSR count). The molecule has 1 aromatic heterocycles. The zero-order valence-electron chi connectivity index (χ0n) is 8.11. The predicted molar refractivity (Wildman–Crippen MR) is 53.6 cm³/mol. The van der Waals surface area contributed by atoms with Gasteiger partial charge in [-0.1, -0.05) is 6.08 Å². The Kier molecular flexibility index (Phi) is 2.12. The summed E-state index contributed by atoms with van der Waals surface area (Å²) in [6, 6.07) is 4.37. The van der Waals surface area contributed by atoms with Gasteiger partial charge in [0.2, 0.25) is 0 Å². The highest BCUT2D eigenvalue weighted by Crippen LogP contribution is 2.42. The van der Waals surface area contributed by atoms with Crippen molar-refractivity contribution >= 4 is 0 Å². The fourth-order valence-electron chi connectivity index (χ4n) is 1.96. The fourth-order valence-corrected chi connectivity index (χ4v) is 1.96. The van der Waals surface area contributed by atoms with E-state index in [4.69, 9.17) is 0 Å². The number of rotatable bonds is 3. The van der Waals surface area contributed by atoms with Crippen LogP contribution in [0.4, 0.5) is 0 Å². The Bertz CT molecular complexity index is 379. The lowest BCUT2D eigenvalue weighted by atomic mass is 9.68. The molecule has 1 fully saturated rings. The van der Waals surface area contributed by atoms with Gasteiger partial charge in [-0.25, -0.2) is 0 Å². The van der Waals surface area contributed by atoms with Gasteiger partial charge in [0.15, 0.2) is 0 Å². The molecule has 1 aromatic rings. The number of aromatic nitrogens is 2. The molecule has 1 heterocycles. The number of nitriles is 1. The van der Waals surface area contributed by atoms with Crippen molar-refractivity contribution < 1.29 is 0 Å². The molecule has 0 aliphatic heterocycles. The summed E-state index contributed by atoms with van der Waals surface area (Å²) in [6.07, 6.45) is 6.64. The van der Waals surface area contributed by atoms with Gasteiger partial charge >= 0.3 is 0 Å². The Morgan fingerprint density at radius 3 is 3.00 bits per heavy atom. The first-order valence-corrected chi connectivity index (χ1v) is 4.87. The van der Waals surface area contributed by atoms with Crippen molar-refractivity contribution in [1.29, 1.82) is 5.26 Å². The molecule has 1 aliphatic carbocycles. The number of hydrogen-bond acceptors (Lipinski definition) is 2. The maximum atomic E-state index is 9.18. The largest absolute Gasteiger partial charge is 0.264 e. The molecule has 0 saturated heterocycles. The van der Waals surface area contributed by atoms with Crippen LogP contribution in [0.1, 0.15) is 25.0 Å². The van der Waals surface area contributed by atoms with Crippen LogP contribution in [0, 0.1) is 11.3 Å². The molecule has 3 heteroatoms. The molecule has 1 saturated carbocycles. The molecule has 14 heavy (non-hydrogen) atoms. The van der Waals surface area contributed by atoms with E-state index in [2.05, 4.69) is 17.7 Å². The van der Waals surface area contributed by atoms with Crippen molar-refractivity contribution in [2.45, 2.75) is 31.2 Å². The Morgan fingerprint density at radius 1 is 1.71 bits per heavy atom. The average Bonchev–Trinajstić information content (AvgIpc) is 2.54. The predicted octanol–water partition coefficient (Wildman–Crippen LogP) is 2.01. The third kappa shape index (κ3) is 1.15. The summed E-state index contributed by atoms with van der Waals surface area (Å²) in [5, 5.41) is 13.4. The topological polar surface area (TPSA) is 41.6 Å². The van der Waals surface area contributed by atoms with E-state index in [0.717, 1.165) is 25.0 Å². The first kappa shape index (κ1) is 9.01. The standard InChI is InChI=1S/C11H13N3/c1-2-8-14-10(4-7-13-14)11(9-12)5-3-6-11/h2,4,7H,1,3,5-6,8H2. The molecule has 0 amide bonds. The van der Waals surface area contributed by atoms with Gasteiger partial charge in [0.1, 0.15) is 0 Å². The van der Waals surface area contributed by atoms with Gasteiger partial charge < -0.3 is 0 Å². The lowest BCUT2D eigenvalue weighted by Gasteiger charge is -2.35. The first-order chi connectivity index (χ1) is 6.82. The summed E-state index contributed by atoms with van der Waals surface area (Å²) in [5.41, 5.74) is 0.783. The van der Waals surface area contributed by atoms with E-state index in [-0.39, 0.29) is 5.41 Å². The highest BCUT2D eigenvalue weighted by atomic mass is 15.3. The minimum absolute atomic E-state index is 0.264. The van der Waals surface area contributed by atoms with Crippen LogP contribution in [0.2, 0.25) is 0 Å². The molecule has 0 spiro atoms. The van der Waals surface area contributed by atoms with E-state index in [0.29, 0.717) is 6.54 Å². The van der Waals surface area contributed by atoms with Crippen LogP contribution in [0.5, 0.6) is 0 Å². The Morgan fingerprint density at radius 2 is 2.50 bits per heavy atom. The van der Waals surface area contributed by atoms with Crippen molar-refractivity contribution in [2.24, 2.45) is 0 Å². The number of allylic oxidation sites excluding steroid dienone is 1. The van der Waals surface area contributed by atoms with Gasteiger partial charge in [0.05, 0.1) is 23.7 Å². The van der Waals surface area contributed by atoms with Crippen molar-refractivity contribution in [3.05, 3.63) is 30.6 Å². The maximum Gasteiger partial charge on any atom is 0.0990 e. The smallest absolute Gasteiger partial charge is 0.0990 e. The Labute approximate surface area is 83.7 Å². The number of nitrogens with zero attached hydrogens (tertiary/aromatic N) is 3. The molecule has 0 aromatic carbocycles. The van der Waals surface area contributed by atoms with Crippen LogP contribution < -0.4 is 0 Å². The summed E-state index contributed by atoms with van der Waals surface area (Å²) in [7, 11) is 0. The van der Waals surface area contributed by atoms with Crippen LogP contribution in [0.15, 0.2) is 24.9 Å². The summed E-state index contributed by atoms with van der Waals surface area (Å²) in [4.78, 5) is 0. The van der Waals surface area contributed by atoms with E-state index < -0.39 is 0 Å². The van der Waals surface area contributed by atoms with Gasteiger partial charge in [-0.15, -0.1) is 6.58 Å². The molecule has 0 bridgehead atoms. The second-order valence-electron chi connectivity index (χ2n) is 3.73. The Hall–Kier alpha value is -1.56. The molecule has 0 N–H and O–H groups in total. The van der Waals surface area contributed by atoms with Gasteiger partial charge in [-0.2, -0.15) is 10.4 Å². The highest BCUT2D eigenvalue weighted by Gasteiger charge is 2.41. The van der Waals surface area contributed by atoms with Crippen molar-refractivity contribution in [2.75, 3.05) is 0 Å². The van der Waals surface area contributed by atoms with E-state index in [1.807, 2.05) is 10.7 Å². The maximum absolute atomic E-state index is 9.18. The quantitative estimate of drug-likeness (QED) is 0.679. The molecular formula is C11H13N3. The molecule has 0 radical (unpaired) electrons. The third-order valence-corrected chi connectivity index (χ3v) is 2.93. The minimum Gasteiger partial charge on any atom is -0.264 e. The van der Waals surface area contributed by atoms with Crippen LogP contribution >= 0.6 is 0 Å². The normalized spacial score (nSPS) is 18.2. The highest BCUT2D eigenvalue weighted by molar-refractivity contribution is 5.29. The average molecular weight is 187 g/mol. The van der Waals surface area contributed by atoms with Crippen LogP contribution in [-0.4, -0.2) is 9.78 Å². The third-order valence-electron chi connectivity index (χ3n) is 2.93. The second-order valence-corrected chi connectivity index (χ2v) is 3.73. The molecule has 3 nitrogen and oxygen atoms in total. The van der Waals surface area contributed by atoms with Gasteiger partial charge in [-0.3, -0.25) is 4.68 Å². The lowest BCUT2D eigenvalue weighted by molar-refractivity contribution is 0.303. The van der Waals surface area contributed by atoms with Crippen molar-refractivity contribution in [3.63, 3.8) is 0 Å². The molecule has 1 aliphatic rings. The van der Waals surface area contributed by atoms with Crippen LogP contribution in [0.3, 0.4) is 0 Å². The van der Waals surface area contributed by atoms with Gasteiger partial charge in [0, 0.05) is 6.20 Å². The second kappa shape index (κ2) is 3.30. The van der Waals surface area contributed by atoms with E-state index in [1.54, 1.807) is 12.3 Å². The van der Waals surface area contributed by atoms with E-state index in [9.17, 15) is 5.26 Å². The molecule has 0 unspecified atom stereocenters. The van der Waals surface area contributed by atoms with Gasteiger partial charge in [-0.05, 0) is 25.3 Å². The summed E-state index contributed by atoms with van der Waals surface area (Å²) < 4.78 is 1.87.